The monoisotopic (exact) mass is 315 g/mol. The molecule has 1 aliphatic rings. The molecule has 0 saturated carbocycles. The molecular weight excluding hydrogens is 293 g/mol. The molecule has 0 bridgehead atoms. The number of benzene rings is 2. The number of hydrogen-bond donors (Lipinski definition) is 1. The summed E-state index contributed by atoms with van der Waals surface area (Å²) in [6.07, 6.45) is -0.263. The predicted octanol–water partition coefficient (Wildman–Crippen LogP) is 3.07. The zero-order valence-corrected chi connectivity index (χ0v) is 13.3. The number of morpholine rings is 1. The second-order valence-corrected chi connectivity index (χ2v) is 6.05. The fraction of sp³-hybridized carbons (Fsp3) is 0.368. The van der Waals surface area contributed by atoms with Gasteiger partial charge in [0.15, 0.2) is 0 Å². The molecular formula is C19H22FNO2. The molecule has 0 aromatic heterocycles. The van der Waals surface area contributed by atoms with E-state index in [-0.39, 0.29) is 24.6 Å². The van der Waals surface area contributed by atoms with Crippen LogP contribution < -0.4 is 0 Å². The average Bonchev–Trinajstić information content (AvgIpc) is 2.54. The third-order valence-corrected chi connectivity index (χ3v) is 4.26. The van der Waals surface area contributed by atoms with E-state index in [1.807, 2.05) is 43.3 Å². The van der Waals surface area contributed by atoms with Crippen molar-refractivity contribution in [2.75, 3.05) is 19.8 Å². The molecule has 0 aliphatic carbocycles. The van der Waals surface area contributed by atoms with Crippen LogP contribution >= 0.6 is 0 Å². The van der Waals surface area contributed by atoms with Crippen LogP contribution in [-0.2, 0) is 11.3 Å². The van der Waals surface area contributed by atoms with Gasteiger partial charge in [-0.05, 0) is 35.7 Å². The van der Waals surface area contributed by atoms with Crippen LogP contribution in [0.2, 0.25) is 0 Å². The fourth-order valence-electron chi connectivity index (χ4n) is 3.33. The van der Waals surface area contributed by atoms with Crippen LogP contribution in [-0.4, -0.2) is 35.9 Å². The fourth-order valence-corrected chi connectivity index (χ4v) is 3.33. The first-order chi connectivity index (χ1) is 11.2. The van der Waals surface area contributed by atoms with Crippen molar-refractivity contribution < 1.29 is 14.2 Å². The molecule has 3 nitrogen and oxygen atoms in total. The molecule has 1 heterocycles. The molecule has 1 aliphatic heterocycles. The van der Waals surface area contributed by atoms with Crippen LogP contribution in [0.4, 0.5) is 4.39 Å². The Kier molecular flexibility index (Phi) is 5.06. The largest absolute Gasteiger partial charge is 0.394 e. The Balaban J connectivity index is 1.88. The van der Waals surface area contributed by atoms with Gasteiger partial charge in [-0.25, -0.2) is 4.39 Å². The molecule has 2 aromatic carbocycles. The Morgan fingerprint density at radius 2 is 2.00 bits per heavy atom. The number of nitrogens with zero attached hydrogens (tertiary/aromatic N) is 1. The van der Waals surface area contributed by atoms with Gasteiger partial charge in [-0.1, -0.05) is 36.4 Å². The molecule has 0 amide bonds. The topological polar surface area (TPSA) is 32.7 Å². The predicted molar refractivity (Wildman–Crippen MR) is 87.6 cm³/mol. The van der Waals surface area contributed by atoms with Crippen molar-refractivity contribution in [1.82, 2.24) is 4.90 Å². The quantitative estimate of drug-likeness (QED) is 0.941. The molecule has 1 N–H and O–H groups in total. The lowest BCUT2D eigenvalue weighted by Crippen LogP contribution is -2.46. The van der Waals surface area contributed by atoms with Crippen molar-refractivity contribution in [1.29, 1.82) is 0 Å². The number of halogens is 1. The van der Waals surface area contributed by atoms with E-state index in [0.29, 0.717) is 13.2 Å². The lowest BCUT2D eigenvalue weighted by Gasteiger charge is -2.41. The summed E-state index contributed by atoms with van der Waals surface area (Å²) in [5.41, 5.74) is 2.98. The Labute approximate surface area is 136 Å². The summed E-state index contributed by atoms with van der Waals surface area (Å²) in [5.74, 6) is -0.205. The molecule has 122 valence electrons. The highest BCUT2D eigenvalue weighted by Crippen LogP contribution is 2.31. The van der Waals surface area contributed by atoms with E-state index in [4.69, 9.17) is 4.74 Å². The Hall–Kier alpha value is -1.75. The molecule has 0 unspecified atom stereocenters. The summed E-state index contributed by atoms with van der Waals surface area (Å²) < 4.78 is 19.4. The standard InChI is InChI=1S/C19H22FNO2/c1-14-9-15(11-17(20)10-14)12-21-7-8-23-18(13-22)19(21)16-5-3-2-4-6-16/h2-6,9-11,18-19,22H,7-8,12-13H2,1H3/t18-,19-/m1/s1. The molecule has 3 rings (SSSR count). The summed E-state index contributed by atoms with van der Waals surface area (Å²) in [6, 6.07) is 15.1. The molecule has 0 spiro atoms. The maximum atomic E-state index is 13.7. The van der Waals surface area contributed by atoms with Gasteiger partial charge in [0.25, 0.3) is 0 Å². The van der Waals surface area contributed by atoms with Crippen molar-refractivity contribution in [3.05, 3.63) is 71.0 Å². The van der Waals surface area contributed by atoms with Gasteiger partial charge < -0.3 is 9.84 Å². The first-order valence-electron chi connectivity index (χ1n) is 7.95. The van der Waals surface area contributed by atoms with E-state index in [2.05, 4.69) is 4.90 Å². The summed E-state index contributed by atoms with van der Waals surface area (Å²) >= 11 is 0. The lowest BCUT2D eigenvalue weighted by atomic mass is 9.97. The molecule has 2 aromatic rings. The zero-order chi connectivity index (χ0) is 16.2. The van der Waals surface area contributed by atoms with Gasteiger partial charge in [-0.2, -0.15) is 0 Å². The van der Waals surface area contributed by atoms with E-state index in [9.17, 15) is 9.50 Å². The summed E-state index contributed by atoms with van der Waals surface area (Å²) in [5, 5.41) is 9.68. The van der Waals surface area contributed by atoms with Crippen molar-refractivity contribution in [3.63, 3.8) is 0 Å². The van der Waals surface area contributed by atoms with Gasteiger partial charge >= 0.3 is 0 Å². The first-order valence-corrected chi connectivity index (χ1v) is 7.95. The van der Waals surface area contributed by atoms with Gasteiger partial charge in [0.1, 0.15) is 11.9 Å². The van der Waals surface area contributed by atoms with Crippen LogP contribution in [0, 0.1) is 12.7 Å². The van der Waals surface area contributed by atoms with E-state index in [0.717, 1.165) is 23.2 Å². The minimum Gasteiger partial charge on any atom is -0.394 e. The highest BCUT2D eigenvalue weighted by molar-refractivity contribution is 5.25. The SMILES string of the molecule is Cc1cc(F)cc(CN2CCO[C@H](CO)[C@H]2c2ccccc2)c1. The van der Waals surface area contributed by atoms with Gasteiger partial charge in [0.2, 0.25) is 0 Å². The second-order valence-electron chi connectivity index (χ2n) is 6.05. The highest BCUT2D eigenvalue weighted by Gasteiger charge is 2.33. The van der Waals surface area contributed by atoms with E-state index in [1.165, 1.54) is 6.07 Å². The van der Waals surface area contributed by atoms with Crippen molar-refractivity contribution >= 4 is 0 Å². The molecule has 23 heavy (non-hydrogen) atoms. The summed E-state index contributed by atoms with van der Waals surface area (Å²) in [7, 11) is 0. The number of rotatable bonds is 4. The minimum absolute atomic E-state index is 0.0291. The van der Waals surface area contributed by atoms with Crippen LogP contribution in [0.5, 0.6) is 0 Å². The Morgan fingerprint density at radius 1 is 1.22 bits per heavy atom. The third-order valence-electron chi connectivity index (χ3n) is 4.26. The van der Waals surface area contributed by atoms with Gasteiger partial charge in [0.05, 0.1) is 19.3 Å². The highest BCUT2D eigenvalue weighted by atomic mass is 19.1. The number of aryl methyl sites for hydroxylation is 1. The number of ether oxygens (including phenoxy) is 1. The van der Waals surface area contributed by atoms with Crippen LogP contribution in [0.25, 0.3) is 0 Å². The van der Waals surface area contributed by atoms with Gasteiger partial charge in [-0.15, -0.1) is 0 Å². The van der Waals surface area contributed by atoms with Crippen LogP contribution in [0.3, 0.4) is 0 Å². The summed E-state index contributed by atoms with van der Waals surface area (Å²) in [6.45, 7) is 3.84. The second kappa shape index (κ2) is 7.21. The summed E-state index contributed by atoms with van der Waals surface area (Å²) in [4.78, 5) is 2.26. The van der Waals surface area contributed by atoms with Crippen LogP contribution in [0.1, 0.15) is 22.7 Å². The molecule has 1 saturated heterocycles. The first kappa shape index (κ1) is 16.1. The van der Waals surface area contributed by atoms with E-state index < -0.39 is 0 Å². The molecule has 1 fully saturated rings. The zero-order valence-electron chi connectivity index (χ0n) is 13.3. The number of aliphatic hydroxyl groups is 1. The van der Waals surface area contributed by atoms with Crippen molar-refractivity contribution in [3.8, 4) is 0 Å². The van der Waals surface area contributed by atoms with E-state index >= 15 is 0 Å². The third kappa shape index (κ3) is 3.78. The molecule has 4 heteroatoms. The lowest BCUT2D eigenvalue weighted by molar-refractivity contribution is -0.0960. The van der Waals surface area contributed by atoms with Gasteiger partial charge in [0, 0.05) is 13.1 Å². The number of hydrogen-bond acceptors (Lipinski definition) is 3. The smallest absolute Gasteiger partial charge is 0.123 e. The Bertz CT molecular complexity index is 627. The average molecular weight is 315 g/mol. The maximum absolute atomic E-state index is 13.7. The normalized spacial score (nSPS) is 22.2. The van der Waals surface area contributed by atoms with Crippen molar-refractivity contribution in [2.45, 2.75) is 25.6 Å². The Morgan fingerprint density at radius 3 is 2.70 bits per heavy atom. The molecule has 2 atom stereocenters. The van der Waals surface area contributed by atoms with Crippen LogP contribution in [0.15, 0.2) is 48.5 Å². The van der Waals surface area contributed by atoms with E-state index in [1.54, 1.807) is 6.07 Å². The van der Waals surface area contributed by atoms with Crippen molar-refractivity contribution in [2.24, 2.45) is 0 Å². The van der Waals surface area contributed by atoms with Gasteiger partial charge in [-0.3, -0.25) is 4.90 Å². The molecule has 0 radical (unpaired) electrons. The maximum Gasteiger partial charge on any atom is 0.123 e. The number of aliphatic hydroxyl groups excluding tert-OH is 1. The minimum atomic E-state index is -0.263.